The van der Waals surface area contributed by atoms with E-state index < -0.39 is 11.4 Å². The predicted molar refractivity (Wildman–Crippen MR) is 117 cm³/mol. The van der Waals surface area contributed by atoms with E-state index in [1.165, 1.54) is 21.8 Å². The van der Waals surface area contributed by atoms with E-state index in [0.29, 0.717) is 37.0 Å². The molecular formula is C23H23FN2O3S. The van der Waals surface area contributed by atoms with Crippen LogP contribution >= 0.6 is 11.3 Å². The molecule has 1 saturated heterocycles. The van der Waals surface area contributed by atoms with Gasteiger partial charge in [-0.1, -0.05) is 0 Å². The minimum atomic E-state index is -0.928. The Morgan fingerprint density at radius 2 is 2.00 bits per heavy atom. The zero-order valence-electron chi connectivity index (χ0n) is 16.5. The van der Waals surface area contributed by atoms with Crippen molar-refractivity contribution in [2.45, 2.75) is 31.3 Å². The standard InChI is InChI=1S/C23H23FN2O3S/c24-18-3-4-19(17-2-6-21(27)25-22(17)18)29-14-23(28)8-10-26(11-9-23)16-1-5-20-15(13-16)7-12-30-20/h1,3-5,7,12-13,28H,2,6,8-11,14H2,(H,25,27). The van der Waals surface area contributed by atoms with Crippen molar-refractivity contribution in [3.63, 3.8) is 0 Å². The molecule has 1 amide bonds. The third-order valence-corrected chi connectivity index (χ3v) is 6.98. The molecule has 2 aromatic carbocycles. The van der Waals surface area contributed by atoms with Crippen LogP contribution in [0.15, 0.2) is 41.8 Å². The predicted octanol–water partition coefficient (Wildman–Crippen LogP) is 4.34. The number of nitrogens with one attached hydrogen (secondary N) is 1. The Labute approximate surface area is 178 Å². The van der Waals surface area contributed by atoms with Crippen LogP contribution in [0.25, 0.3) is 10.1 Å². The van der Waals surface area contributed by atoms with Crippen molar-refractivity contribution in [1.29, 1.82) is 0 Å². The number of anilines is 2. The zero-order chi connectivity index (χ0) is 20.7. The molecule has 3 aromatic rings. The Bertz CT molecular complexity index is 1110. The van der Waals surface area contributed by atoms with Crippen molar-refractivity contribution in [1.82, 2.24) is 0 Å². The quantitative estimate of drug-likeness (QED) is 0.652. The summed E-state index contributed by atoms with van der Waals surface area (Å²) in [7, 11) is 0. The first-order chi connectivity index (χ1) is 14.5. The van der Waals surface area contributed by atoms with Gasteiger partial charge in [0.05, 0.1) is 5.69 Å². The van der Waals surface area contributed by atoms with Gasteiger partial charge in [-0.2, -0.15) is 0 Å². The van der Waals surface area contributed by atoms with E-state index >= 15 is 0 Å². The van der Waals surface area contributed by atoms with Crippen LogP contribution < -0.4 is 15.0 Å². The average molecular weight is 427 g/mol. The van der Waals surface area contributed by atoms with E-state index in [1.807, 2.05) is 0 Å². The molecule has 0 unspecified atom stereocenters. The fraction of sp³-hybridized carbons (Fsp3) is 0.348. The van der Waals surface area contributed by atoms with Crippen LogP contribution in [-0.4, -0.2) is 36.3 Å². The molecule has 7 heteroatoms. The molecule has 0 atom stereocenters. The summed E-state index contributed by atoms with van der Waals surface area (Å²) >= 11 is 1.74. The molecule has 3 heterocycles. The minimum Gasteiger partial charge on any atom is -0.490 e. The van der Waals surface area contributed by atoms with Crippen molar-refractivity contribution in [2.75, 3.05) is 29.9 Å². The molecule has 2 N–H and O–H groups in total. The number of carbonyl (C=O) groups is 1. The van der Waals surface area contributed by atoms with Gasteiger partial charge >= 0.3 is 0 Å². The van der Waals surface area contributed by atoms with Gasteiger partial charge in [0, 0.05) is 35.5 Å². The molecule has 0 saturated carbocycles. The number of piperidine rings is 1. The van der Waals surface area contributed by atoms with Gasteiger partial charge in [0.1, 0.15) is 23.8 Å². The van der Waals surface area contributed by atoms with Gasteiger partial charge in [0.25, 0.3) is 0 Å². The summed E-state index contributed by atoms with van der Waals surface area (Å²) in [4.78, 5) is 13.9. The number of fused-ring (bicyclic) bond motifs is 2. The van der Waals surface area contributed by atoms with Crippen LogP contribution in [0, 0.1) is 5.82 Å². The molecule has 0 bridgehead atoms. The number of carbonyl (C=O) groups excluding carboxylic acids is 1. The molecule has 1 aromatic heterocycles. The lowest BCUT2D eigenvalue weighted by atomic mass is 9.92. The van der Waals surface area contributed by atoms with Gasteiger partial charge in [0.15, 0.2) is 0 Å². The van der Waals surface area contributed by atoms with Crippen LogP contribution in [0.4, 0.5) is 15.8 Å². The number of hydrogen-bond acceptors (Lipinski definition) is 5. The molecular weight excluding hydrogens is 403 g/mol. The molecule has 156 valence electrons. The largest absolute Gasteiger partial charge is 0.490 e. The third kappa shape index (κ3) is 3.63. The maximum Gasteiger partial charge on any atom is 0.224 e. The molecule has 5 nitrogen and oxygen atoms in total. The number of benzene rings is 2. The van der Waals surface area contributed by atoms with Gasteiger partial charge in [-0.15, -0.1) is 11.3 Å². The highest BCUT2D eigenvalue weighted by Gasteiger charge is 2.34. The second kappa shape index (κ2) is 7.56. The molecule has 0 radical (unpaired) electrons. The van der Waals surface area contributed by atoms with Crippen LogP contribution in [-0.2, 0) is 11.2 Å². The Balaban J connectivity index is 1.25. The Kier molecular flexibility index (Phi) is 4.87. The summed E-state index contributed by atoms with van der Waals surface area (Å²) in [5, 5.41) is 17.0. The second-order valence-corrected chi connectivity index (χ2v) is 9.04. The van der Waals surface area contributed by atoms with E-state index in [2.05, 4.69) is 39.9 Å². The molecule has 0 spiro atoms. The number of hydrogen-bond donors (Lipinski definition) is 2. The number of rotatable bonds is 4. The minimum absolute atomic E-state index is 0.149. The fourth-order valence-corrected chi connectivity index (χ4v) is 5.02. The smallest absolute Gasteiger partial charge is 0.224 e. The summed E-state index contributed by atoms with van der Waals surface area (Å²) in [6.07, 6.45) is 1.93. The van der Waals surface area contributed by atoms with E-state index in [0.717, 1.165) is 13.1 Å². The van der Waals surface area contributed by atoms with Crippen molar-refractivity contribution < 1.29 is 19.0 Å². The van der Waals surface area contributed by atoms with Crippen LogP contribution in [0.5, 0.6) is 5.75 Å². The summed E-state index contributed by atoms with van der Waals surface area (Å²) in [5.41, 5.74) is 1.11. The Morgan fingerprint density at radius 1 is 1.17 bits per heavy atom. The molecule has 1 fully saturated rings. The highest BCUT2D eigenvalue weighted by Crippen LogP contribution is 2.35. The molecule has 5 rings (SSSR count). The monoisotopic (exact) mass is 426 g/mol. The summed E-state index contributed by atoms with van der Waals surface area (Å²) in [5.74, 6) is -0.115. The van der Waals surface area contributed by atoms with Crippen molar-refractivity contribution in [3.8, 4) is 5.75 Å². The molecule has 2 aliphatic rings. The highest BCUT2D eigenvalue weighted by molar-refractivity contribution is 7.17. The number of ether oxygens (including phenoxy) is 1. The first kappa shape index (κ1) is 19.3. The topological polar surface area (TPSA) is 61.8 Å². The van der Waals surface area contributed by atoms with Crippen molar-refractivity contribution in [2.24, 2.45) is 0 Å². The number of halogens is 1. The van der Waals surface area contributed by atoms with E-state index in [4.69, 9.17) is 4.74 Å². The maximum atomic E-state index is 14.1. The van der Waals surface area contributed by atoms with Gasteiger partial charge in [-0.05, 0) is 66.4 Å². The van der Waals surface area contributed by atoms with Gasteiger partial charge in [-0.25, -0.2) is 4.39 Å². The lowest BCUT2D eigenvalue weighted by Gasteiger charge is -2.39. The first-order valence-corrected chi connectivity index (χ1v) is 11.1. The van der Waals surface area contributed by atoms with Crippen LogP contribution in [0.2, 0.25) is 0 Å². The van der Waals surface area contributed by atoms with E-state index in [-0.39, 0.29) is 18.2 Å². The normalized spacial score (nSPS) is 18.2. The lowest BCUT2D eigenvalue weighted by molar-refractivity contribution is -0.116. The molecule has 2 aliphatic heterocycles. The summed E-state index contributed by atoms with van der Waals surface area (Å²) in [6.45, 7) is 1.64. The summed E-state index contributed by atoms with van der Waals surface area (Å²) < 4.78 is 21.3. The number of amides is 1. The lowest BCUT2D eigenvalue weighted by Crippen LogP contribution is -2.48. The summed E-state index contributed by atoms with van der Waals surface area (Å²) in [6, 6.07) is 11.5. The fourth-order valence-electron chi connectivity index (χ4n) is 4.25. The van der Waals surface area contributed by atoms with Gasteiger partial charge < -0.3 is 20.1 Å². The average Bonchev–Trinajstić information content (AvgIpc) is 3.22. The number of thiophene rings is 1. The van der Waals surface area contributed by atoms with Gasteiger partial charge in [-0.3, -0.25) is 4.79 Å². The maximum absolute atomic E-state index is 14.1. The van der Waals surface area contributed by atoms with Crippen molar-refractivity contribution in [3.05, 3.63) is 53.2 Å². The second-order valence-electron chi connectivity index (χ2n) is 8.09. The van der Waals surface area contributed by atoms with E-state index in [9.17, 15) is 14.3 Å². The number of aliphatic hydroxyl groups is 1. The molecule has 0 aliphatic carbocycles. The van der Waals surface area contributed by atoms with E-state index in [1.54, 1.807) is 17.4 Å². The van der Waals surface area contributed by atoms with Crippen LogP contribution in [0.1, 0.15) is 24.8 Å². The third-order valence-electron chi connectivity index (χ3n) is 6.08. The first-order valence-electron chi connectivity index (χ1n) is 10.2. The molecule has 30 heavy (non-hydrogen) atoms. The van der Waals surface area contributed by atoms with Crippen molar-refractivity contribution >= 4 is 38.7 Å². The van der Waals surface area contributed by atoms with Gasteiger partial charge in [0.2, 0.25) is 5.91 Å². The Hall–Kier alpha value is -2.64. The van der Waals surface area contributed by atoms with Crippen LogP contribution in [0.3, 0.4) is 0 Å². The zero-order valence-corrected chi connectivity index (χ0v) is 17.3. The highest BCUT2D eigenvalue weighted by atomic mass is 32.1. The number of nitrogens with zero attached hydrogens (tertiary/aromatic N) is 1. The SMILES string of the molecule is O=C1CCc2c(OCC3(O)CCN(c4ccc5sccc5c4)CC3)ccc(F)c2N1. The Morgan fingerprint density at radius 3 is 2.83 bits per heavy atom.